The highest BCUT2D eigenvalue weighted by Gasteiger charge is 2.21. The van der Waals surface area contributed by atoms with Gasteiger partial charge in [-0.25, -0.2) is 0 Å². The maximum atomic E-state index is 10.7. The Morgan fingerprint density at radius 2 is 1.95 bits per heavy atom. The van der Waals surface area contributed by atoms with E-state index in [1.54, 1.807) is 0 Å². The van der Waals surface area contributed by atoms with Crippen molar-refractivity contribution in [2.24, 2.45) is 0 Å². The van der Waals surface area contributed by atoms with Gasteiger partial charge in [0.1, 0.15) is 0 Å². The van der Waals surface area contributed by atoms with Gasteiger partial charge in [-0.1, -0.05) is 42.5 Å². The van der Waals surface area contributed by atoms with E-state index in [4.69, 9.17) is 5.11 Å². The number of fused-ring (bicyclic) bond motifs is 1. The Balaban J connectivity index is 1.72. The van der Waals surface area contributed by atoms with E-state index in [-0.39, 0.29) is 12.5 Å². The lowest BCUT2D eigenvalue weighted by molar-refractivity contribution is -0.136. The van der Waals surface area contributed by atoms with Crippen LogP contribution in [0.3, 0.4) is 0 Å². The Bertz CT molecular complexity index is 667. The van der Waals surface area contributed by atoms with Crippen LogP contribution >= 0.6 is 0 Å². The van der Waals surface area contributed by atoms with E-state index < -0.39 is 5.97 Å². The summed E-state index contributed by atoms with van der Waals surface area (Å²) in [6.07, 6.45) is 0.0767. The smallest absolute Gasteiger partial charge is 0.307 e. The van der Waals surface area contributed by atoms with Crippen molar-refractivity contribution < 1.29 is 9.90 Å². The molecule has 0 saturated carbocycles. The average molecular weight is 296 g/mol. The maximum absolute atomic E-state index is 10.7. The Kier molecular flexibility index (Phi) is 4.11. The van der Waals surface area contributed by atoms with Crippen molar-refractivity contribution in [2.75, 3.05) is 12.0 Å². The van der Waals surface area contributed by atoms with Crippen molar-refractivity contribution in [3.8, 4) is 0 Å². The zero-order valence-electron chi connectivity index (χ0n) is 12.6. The molecule has 22 heavy (non-hydrogen) atoms. The molecule has 3 rings (SSSR count). The molecule has 4 heteroatoms. The predicted octanol–water partition coefficient (Wildman–Crippen LogP) is 3.26. The lowest BCUT2D eigenvalue weighted by Crippen LogP contribution is -2.35. The SMILES string of the molecule is CC(c1ccc(CC(=O)O)cc1)N1CNc2ccccc2C1. The third-order valence-corrected chi connectivity index (χ3v) is 4.23. The van der Waals surface area contributed by atoms with Crippen molar-refractivity contribution in [3.05, 3.63) is 65.2 Å². The molecule has 114 valence electrons. The van der Waals surface area contributed by atoms with E-state index in [9.17, 15) is 4.79 Å². The van der Waals surface area contributed by atoms with Crippen LogP contribution in [0.1, 0.15) is 29.7 Å². The van der Waals surface area contributed by atoms with Crippen molar-refractivity contribution in [1.29, 1.82) is 0 Å². The number of rotatable bonds is 4. The van der Waals surface area contributed by atoms with E-state index >= 15 is 0 Å². The fourth-order valence-corrected chi connectivity index (χ4v) is 2.87. The van der Waals surface area contributed by atoms with Crippen LogP contribution < -0.4 is 5.32 Å². The molecule has 0 saturated heterocycles. The zero-order valence-corrected chi connectivity index (χ0v) is 12.6. The summed E-state index contributed by atoms with van der Waals surface area (Å²) in [6, 6.07) is 16.5. The number of carboxylic acids is 1. The van der Waals surface area contributed by atoms with Crippen LogP contribution in [0.5, 0.6) is 0 Å². The molecule has 1 aliphatic rings. The molecule has 2 N–H and O–H groups in total. The van der Waals surface area contributed by atoms with Gasteiger partial charge in [0.15, 0.2) is 0 Å². The standard InChI is InChI=1S/C18H20N2O2/c1-13(15-8-6-14(7-9-15)10-18(21)22)20-11-16-4-2-3-5-17(16)19-12-20/h2-9,13,19H,10-12H2,1H3,(H,21,22). The lowest BCUT2D eigenvalue weighted by Gasteiger charge is -2.34. The number of benzene rings is 2. The summed E-state index contributed by atoms with van der Waals surface area (Å²) in [5, 5.41) is 12.3. The molecule has 1 heterocycles. The maximum Gasteiger partial charge on any atom is 0.307 e. The van der Waals surface area contributed by atoms with E-state index in [1.165, 1.54) is 16.8 Å². The van der Waals surface area contributed by atoms with Gasteiger partial charge in [0.05, 0.1) is 13.1 Å². The lowest BCUT2D eigenvalue weighted by atomic mass is 10.0. The summed E-state index contributed by atoms with van der Waals surface area (Å²) in [7, 11) is 0. The minimum absolute atomic E-state index is 0.0767. The number of hydrogen-bond donors (Lipinski definition) is 2. The third-order valence-electron chi connectivity index (χ3n) is 4.23. The summed E-state index contributed by atoms with van der Waals surface area (Å²) in [6.45, 7) is 3.91. The van der Waals surface area contributed by atoms with E-state index in [2.05, 4.69) is 35.3 Å². The highest BCUT2D eigenvalue weighted by atomic mass is 16.4. The second-order valence-electron chi connectivity index (χ2n) is 5.73. The average Bonchev–Trinajstić information content (AvgIpc) is 2.54. The van der Waals surface area contributed by atoms with E-state index in [0.717, 1.165) is 18.8 Å². The molecule has 0 bridgehead atoms. The van der Waals surface area contributed by atoms with Crippen LogP contribution in [-0.4, -0.2) is 22.6 Å². The molecule has 0 fully saturated rings. The van der Waals surface area contributed by atoms with Crippen LogP contribution in [0.25, 0.3) is 0 Å². The second-order valence-corrected chi connectivity index (χ2v) is 5.73. The van der Waals surface area contributed by atoms with Crippen LogP contribution in [0, 0.1) is 0 Å². The predicted molar refractivity (Wildman–Crippen MR) is 86.7 cm³/mol. The minimum atomic E-state index is -0.794. The highest BCUT2D eigenvalue weighted by Crippen LogP contribution is 2.28. The topological polar surface area (TPSA) is 52.6 Å². The fourth-order valence-electron chi connectivity index (χ4n) is 2.87. The molecule has 0 radical (unpaired) electrons. The van der Waals surface area contributed by atoms with Crippen molar-refractivity contribution >= 4 is 11.7 Å². The number of nitrogens with one attached hydrogen (secondary N) is 1. The van der Waals surface area contributed by atoms with Crippen molar-refractivity contribution in [3.63, 3.8) is 0 Å². The van der Waals surface area contributed by atoms with Crippen molar-refractivity contribution in [2.45, 2.75) is 25.9 Å². The number of nitrogens with zero attached hydrogens (tertiary/aromatic N) is 1. The minimum Gasteiger partial charge on any atom is -0.481 e. The summed E-state index contributed by atoms with van der Waals surface area (Å²) in [5.74, 6) is -0.794. The number of hydrogen-bond acceptors (Lipinski definition) is 3. The fraction of sp³-hybridized carbons (Fsp3) is 0.278. The van der Waals surface area contributed by atoms with E-state index in [1.807, 2.05) is 30.3 Å². The summed E-state index contributed by atoms with van der Waals surface area (Å²) >= 11 is 0. The summed E-state index contributed by atoms with van der Waals surface area (Å²) < 4.78 is 0. The molecule has 2 aromatic rings. The highest BCUT2D eigenvalue weighted by molar-refractivity contribution is 5.70. The largest absolute Gasteiger partial charge is 0.481 e. The molecule has 1 atom stereocenters. The van der Waals surface area contributed by atoms with Gasteiger partial charge in [-0.15, -0.1) is 0 Å². The Morgan fingerprint density at radius 3 is 2.68 bits per heavy atom. The molecule has 0 aromatic heterocycles. The van der Waals surface area contributed by atoms with Crippen LogP contribution in [0.15, 0.2) is 48.5 Å². The van der Waals surface area contributed by atoms with Crippen LogP contribution in [-0.2, 0) is 17.8 Å². The van der Waals surface area contributed by atoms with Crippen LogP contribution in [0.4, 0.5) is 5.69 Å². The molecule has 0 amide bonds. The van der Waals surface area contributed by atoms with Gasteiger partial charge < -0.3 is 10.4 Å². The van der Waals surface area contributed by atoms with Gasteiger partial charge in [-0.05, 0) is 29.7 Å². The quantitative estimate of drug-likeness (QED) is 0.909. The zero-order chi connectivity index (χ0) is 15.5. The first kappa shape index (κ1) is 14.6. The van der Waals surface area contributed by atoms with Gasteiger partial charge >= 0.3 is 5.97 Å². The first-order valence-corrected chi connectivity index (χ1v) is 7.50. The summed E-state index contributed by atoms with van der Waals surface area (Å²) in [4.78, 5) is 13.1. The normalized spacial score (nSPS) is 15.7. The number of carboxylic acid groups (broad SMARTS) is 1. The number of carbonyl (C=O) groups is 1. The van der Waals surface area contributed by atoms with Gasteiger partial charge in [0, 0.05) is 18.3 Å². The first-order chi connectivity index (χ1) is 10.6. The van der Waals surface area contributed by atoms with Gasteiger partial charge in [-0.3, -0.25) is 9.69 Å². The monoisotopic (exact) mass is 296 g/mol. The molecule has 0 spiro atoms. The molecule has 0 aliphatic carbocycles. The Morgan fingerprint density at radius 1 is 1.23 bits per heavy atom. The van der Waals surface area contributed by atoms with Gasteiger partial charge in [0.25, 0.3) is 0 Å². The number of para-hydroxylation sites is 1. The first-order valence-electron chi connectivity index (χ1n) is 7.50. The Labute approximate surface area is 130 Å². The molecule has 2 aromatic carbocycles. The van der Waals surface area contributed by atoms with Gasteiger partial charge in [0.2, 0.25) is 0 Å². The van der Waals surface area contributed by atoms with Crippen molar-refractivity contribution in [1.82, 2.24) is 4.90 Å². The van der Waals surface area contributed by atoms with Gasteiger partial charge in [-0.2, -0.15) is 0 Å². The molecular weight excluding hydrogens is 276 g/mol. The Hall–Kier alpha value is -2.33. The molecular formula is C18H20N2O2. The van der Waals surface area contributed by atoms with E-state index in [0.29, 0.717) is 0 Å². The number of aliphatic carboxylic acids is 1. The summed E-state index contributed by atoms with van der Waals surface area (Å²) in [5.41, 5.74) is 4.56. The second kappa shape index (κ2) is 6.20. The molecule has 1 aliphatic heterocycles. The number of anilines is 1. The molecule has 4 nitrogen and oxygen atoms in total. The van der Waals surface area contributed by atoms with Crippen LogP contribution in [0.2, 0.25) is 0 Å². The molecule has 1 unspecified atom stereocenters. The third kappa shape index (κ3) is 3.12.